The maximum atomic E-state index is 13.7. The maximum absolute atomic E-state index is 13.7. The van der Waals surface area contributed by atoms with E-state index in [-0.39, 0.29) is 5.88 Å². The summed E-state index contributed by atoms with van der Waals surface area (Å²) in [6.45, 7) is 0. The lowest BCUT2D eigenvalue weighted by molar-refractivity contribution is -0.275. The molecule has 1 aromatic heterocycles. The molecular weight excluding hydrogens is 330 g/mol. The van der Waals surface area contributed by atoms with Crippen LogP contribution in [0.5, 0.6) is 17.4 Å². The fourth-order valence-electron chi connectivity index (χ4n) is 1.96. The number of aromatic amines is 1. The van der Waals surface area contributed by atoms with Gasteiger partial charge in [-0.3, -0.25) is 0 Å². The molecule has 0 radical (unpaired) electrons. The third-order valence-electron chi connectivity index (χ3n) is 2.96. The Morgan fingerprint density at radius 3 is 2.25 bits per heavy atom. The van der Waals surface area contributed by atoms with E-state index in [1.54, 1.807) is 24.3 Å². The minimum atomic E-state index is -4.94. The van der Waals surface area contributed by atoms with Crippen molar-refractivity contribution in [3.8, 4) is 28.5 Å². The van der Waals surface area contributed by atoms with Crippen molar-refractivity contribution in [3.63, 3.8) is 0 Å². The minimum absolute atomic E-state index is 0.280. The van der Waals surface area contributed by atoms with Crippen molar-refractivity contribution in [1.29, 1.82) is 0 Å². The topological polar surface area (TPSA) is 60.0 Å². The molecule has 0 fully saturated rings. The van der Waals surface area contributed by atoms with E-state index in [9.17, 15) is 17.6 Å². The monoisotopic (exact) mass is 339 g/mol. The first-order valence-corrected chi connectivity index (χ1v) is 6.60. The number of benzene rings is 2. The number of aromatic nitrogens is 3. The molecule has 1 heterocycles. The number of nitrogens with zero attached hydrogens (tertiary/aromatic N) is 2. The first kappa shape index (κ1) is 15.8. The van der Waals surface area contributed by atoms with Gasteiger partial charge in [-0.15, -0.1) is 18.3 Å². The van der Waals surface area contributed by atoms with Gasteiger partial charge in [0.1, 0.15) is 11.9 Å². The van der Waals surface area contributed by atoms with Gasteiger partial charge in [0.25, 0.3) is 5.88 Å². The molecule has 1 N–H and O–H groups in total. The first-order valence-electron chi connectivity index (χ1n) is 6.60. The van der Waals surface area contributed by atoms with Crippen LogP contribution in [0.25, 0.3) is 11.1 Å². The van der Waals surface area contributed by atoms with E-state index >= 15 is 0 Å². The summed E-state index contributed by atoms with van der Waals surface area (Å²) in [6, 6.07) is 9.72. The molecule has 3 rings (SSSR count). The van der Waals surface area contributed by atoms with Gasteiger partial charge in [-0.2, -0.15) is 10.3 Å². The Morgan fingerprint density at radius 1 is 0.958 bits per heavy atom. The van der Waals surface area contributed by atoms with E-state index in [0.29, 0.717) is 16.9 Å². The molecule has 24 heavy (non-hydrogen) atoms. The van der Waals surface area contributed by atoms with Crippen molar-refractivity contribution in [2.75, 3.05) is 0 Å². The molecular formula is C15H9F4N3O2. The van der Waals surface area contributed by atoms with Crippen molar-refractivity contribution in [1.82, 2.24) is 15.4 Å². The minimum Gasteiger partial charge on any atom is -0.436 e. The van der Waals surface area contributed by atoms with Crippen molar-refractivity contribution < 1.29 is 27.0 Å². The molecule has 124 valence electrons. The SMILES string of the molecule is Fc1cc(-c2ccc(Oc3cn[nH]n3)cc2)ccc1OC(F)(F)F. The highest BCUT2D eigenvalue weighted by Crippen LogP contribution is 2.30. The molecule has 0 aliphatic carbocycles. The Balaban J connectivity index is 1.78. The number of nitrogens with one attached hydrogen (secondary N) is 1. The van der Waals surface area contributed by atoms with Gasteiger partial charge in [0.15, 0.2) is 11.6 Å². The van der Waals surface area contributed by atoms with Crippen LogP contribution in [-0.2, 0) is 0 Å². The van der Waals surface area contributed by atoms with E-state index in [4.69, 9.17) is 4.74 Å². The Labute approximate surface area is 132 Å². The maximum Gasteiger partial charge on any atom is 0.573 e. The number of halogens is 4. The summed E-state index contributed by atoms with van der Waals surface area (Å²) in [5.41, 5.74) is 0.995. The average Bonchev–Trinajstić information content (AvgIpc) is 3.02. The number of H-pyrrole nitrogens is 1. The molecule has 0 aliphatic rings. The predicted octanol–water partition coefficient (Wildman–Crippen LogP) is 4.30. The van der Waals surface area contributed by atoms with E-state index in [1.165, 1.54) is 12.3 Å². The Bertz CT molecular complexity index is 818. The van der Waals surface area contributed by atoms with Crippen LogP contribution < -0.4 is 9.47 Å². The Morgan fingerprint density at radius 2 is 1.67 bits per heavy atom. The zero-order chi connectivity index (χ0) is 17.2. The fraction of sp³-hybridized carbons (Fsp3) is 0.0667. The quantitative estimate of drug-likeness (QED) is 0.720. The van der Waals surface area contributed by atoms with Crippen LogP contribution >= 0.6 is 0 Å². The number of hydrogen-bond donors (Lipinski definition) is 1. The van der Waals surface area contributed by atoms with E-state index in [2.05, 4.69) is 20.1 Å². The van der Waals surface area contributed by atoms with Crippen LogP contribution in [0, 0.1) is 5.82 Å². The molecule has 0 saturated heterocycles. The Kier molecular flexibility index (Phi) is 4.07. The molecule has 3 aromatic rings. The lowest BCUT2D eigenvalue weighted by Crippen LogP contribution is -2.17. The van der Waals surface area contributed by atoms with Gasteiger partial charge >= 0.3 is 6.36 Å². The number of alkyl halides is 3. The molecule has 0 bridgehead atoms. The van der Waals surface area contributed by atoms with Gasteiger partial charge in [0.2, 0.25) is 0 Å². The van der Waals surface area contributed by atoms with Crippen LogP contribution in [0.1, 0.15) is 0 Å². The second-order valence-electron chi connectivity index (χ2n) is 4.63. The van der Waals surface area contributed by atoms with E-state index in [1.807, 2.05) is 0 Å². The smallest absolute Gasteiger partial charge is 0.436 e. The number of hydrogen-bond acceptors (Lipinski definition) is 4. The van der Waals surface area contributed by atoms with Gasteiger partial charge in [0.05, 0.1) is 0 Å². The third-order valence-corrected chi connectivity index (χ3v) is 2.96. The highest BCUT2D eigenvalue weighted by Gasteiger charge is 2.32. The van der Waals surface area contributed by atoms with Crippen LogP contribution in [0.2, 0.25) is 0 Å². The molecule has 5 nitrogen and oxygen atoms in total. The summed E-state index contributed by atoms with van der Waals surface area (Å²) >= 11 is 0. The van der Waals surface area contributed by atoms with Gasteiger partial charge in [-0.1, -0.05) is 18.2 Å². The normalized spacial score (nSPS) is 11.3. The lowest BCUT2D eigenvalue weighted by atomic mass is 10.1. The molecule has 0 saturated carbocycles. The van der Waals surface area contributed by atoms with Crippen molar-refractivity contribution >= 4 is 0 Å². The molecule has 0 amide bonds. The van der Waals surface area contributed by atoms with E-state index < -0.39 is 17.9 Å². The summed E-state index contributed by atoms with van der Waals surface area (Å²) in [4.78, 5) is 0. The van der Waals surface area contributed by atoms with Crippen molar-refractivity contribution in [2.45, 2.75) is 6.36 Å². The van der Waals surface area contributed by atoms with Crippen molar-refractivity contribution in [2.24, 2.45) is 0 Å². The highest BCUT2D eigenvalue weighted by atomic mass is 19.4. The zero-order valence-corrected chi connectivity index (χ0v) is 11.8. The van der Waals surface area contributed by atoms with Crippen molar-refractivity contribution in [3.05, 3.63) is 54.5 Å². The van der Waals surface area contributed by atoms with Gasteiger partial charge in [0, 0.05) is 0 Å². The summed E-state index contributed by atoms with van der Waals surface area (Å²) in [5, 5.41) is 9.72. The molecule has 0 atom stereocenters. The first-order chi connectivity index (χ1) is 11.4. The van der Waals surface area contributed by atoms with E-state index in [0.717, 1.165) is 12.1 Å². The van der Waals surface area contributed by atoms with Gasteiger partial charge < -0.3 is 9.47 Å². The molecule has 0 spiro atoms. The summed E-state index contributed by atoms with van der Waals surface area (Å²) in [5.74, 6) is -1.22. The number of rotatable bonds is 4. The fourth-order valence-corrected chi connectivity index (χ4v) is 1.96. The second-order valence-corrected chi connectivity index (χ2v) is 4.63. The number of ether oxygens (including phenoxy) is 2. The molecule has 2 aromatic carbocycles. The van der Waals surface area contributed by atoms with Gasteiger partial charge in [-0.05, 0) is 35.4 Å². The van der Waals surface area contributed by atoms with Crippen LogP contribution in [0.15, 0.2) is 48.7 Å². The largest absolute Gasteiger partial charge is 0.573 e. The second kappa shape index (κ2) is 6.19. The molecule has 0 aliphatic heterocycles. The van der Waals surface area contributed by atoms with Crippen LogP contribution in [0.3, 0.4) is 0 Å². The van der Waals surface area contributed by atoms with Crippen LogP contribution in [0.4, 0.5) is 17.6 Å². The summed E-state index contributed by atoms with van der Waals surface area (Å²) in [6.07, 6.45) is -3.55. The Hall–Kier alpha value is -3.10. The summed E-state index contributed by atoms with van der Waals surface area (Å²) < 4.78 is 59.1. The predicted molar refractivity (Wildman–Crippen MR) is 75.0 cm³/mol. The van der Waals surface area contributed by atoms with Gasteiger partial charge in [-0.25, -0.2) is 4.39 Å². The standard InChI is InChI=1S/C15H9F4N3O2/c16-12-7-10(3-6-13(12)24-15(17,18)19)9-1-4-11(5-2-9)23-14-8-20-22-21-14/h1-8H,(H,20,21,22). The molecule has 9 heteroatoms. The zero-order valence-electron chi connectivity index (χ0n) is 11.8. The summed E-state index contributed by atoms with van der Waals surface area (Å²) in [7, 11) is 0. The average molecular weight is 339 g/mol. The third kappa shape index (κ3) is 3.80. The highest BCUT2D eigenvalue weighted by molar-refractivity contribution is 5.65. The lowest BCUT2D eigenvalue weighted by Gasteiger charge is -2.11. The van der Waals surface area contributed by atoms with Crippen LogP contribution in [-0.4, -0.2) is 21.8 Å². The molecule has 0 unspecified atom stereocenters.